The Morgan fingerprint density at radius 3 is 2.26 bits per heavy atom. The predicted molar refractivity (Wildman–Crippen MR) is 113 cm³/mol. The molecule has 2 aromatic carbocycles. The van der Waals surface area contributed by atoms with E-state index >= 15 is 0 Å². The molecule has 1 aliphatic rings. The highest BCUT2D eigenvalue weighted by atomic mass is 79.9. The second-order valence-corrected chi connectivity index (χ2v) is 8.43. The number of amides is 1. The van der Waals surface area contributed by atoms with Crippen molar-refractivity contribution in [1.82, 2.24) is 5.32 Å². The third-order valence-corrected chi connectivity index (χ3v) is 6.11. The average molecular weight is 494 g/mol. The molecule has 1 amide bonds. The van der Waals surface area contributed by atoms with Crippen molar-refractivity contribution < 1.29 is 27.9 Å². The van der Waals surface area contributed by atoms with Gasteiger partial charge in [0.15, 0.2) is 17.4 Å². The molecule has 0 radical (unpaired) electrons. The molecule has 1 saturated carbocycles. The zero-order chi connectivity index (χ0) is 22.5. The number of ketones is 1. The van der Waals surface area contributed by atoms with E-state index in [9.17, 15) is 23.2 Å². The monoisotopic (exact) mass is 493 g/mol. The lowest BCUT2D eigenvalue weighted by Crippen LogP contribution is -2.42. The quantitative estimate of drug-likeness (QED) is 0.589. The molecule has 3 atom stereocenters. The van der Waals surface area contributed by atoms with E-state index in [2.05, 4.69) is 21.2 Å². The molecule has 2 aromatic rings. The highest BCUT2D eigenvalue weighted by molar-refractivity contribution is 9.10. The molecule has 0 heterocycles. The minimum atomic E-state index is -1.16. The Morgan fingerprint density at radius 2 is 1.65 bits per heavy atom. The van der Waals surface area contributed by atoms with E-state index in [1.807, 2.05) is 0 Å². The number of hydrogen-bond donors (Lipinski definition) is 1. The van der Waals surface area contributed by atoms with Crippen molar-refractivity contribution in [3.05, 3.63) is 69.7 Å². The van der Waals surface area contributed by atoms with E-state index in [4.69, 9.17) is 4.74 Å². The van der Waals surface area contributed by atoms with Gasteiger partial charge >= 0.3 is 5.97 Å². The van der Waals surface area contributed by atoms with Crippen LogP contribution in [0.25, 0.3) is 0 Å². The lowest BCUT2D eigenvalue weighted by atomic mass is 9.74. The third kappa shape index (κ3) is 5.36. The van der Waals surface area contributed by atoms with Crippen LogP contribution in [0.15, 0.2) is 46.9 Å². The van der Waals surface area contributed by atoms with Crippen molar-refractivity contribution in [2.75, 3.05) is 7.11 Å². The largest absolute Gasteiger partial charge is 0.469 e. The lowest BCUT2D eigenvalue weighted by Gasteiger charge is -2.31. The Labute approximate surface area is 187 Å². The number of carbonyl (C=O) groups excluding carboxylic acids is 3. The number of ether oxygens (including phenoxy) is 1. The third-order valence-electron chi connectivity index (χ3n) is 5.58. The van der Waals surface area contributed by atoms with Gasteiger partial charge in [0, 0.05) is 16.0 Å². The molecule has 5 nitrogen and oxygen atoms in total. The number of hydrogen-bond acceptors (Lipinski definition) is 4. The van der Waals surface area contributed by atoms with Crippen LogP contribution in [0, 0.1) is 23.5 Å². The summed E-state index contributed by atoms with van der Waals surface area (Å²) in [4.78, 5) is 38.6. The van der Waals surface area contributed by atoms with Gasteiger partial charge in [-0.2, -0.15) is 0 Å². The molecule has 1 aliphatic carbocycles. The molecule has 0 aliphatic heterocycles. The van der Waals surface area contributed by atoms with E-state index < -0.39 is 41.4 Å². The summed E-state index contributed by atoms with van der Waals surface area (Å²) in [5.74, 6) is -4.89. The maximum Gasteiger partial charge on any atom is 0.309 e. The van der Waals surface area contributed by atoms with Crippen molar-refractivity contribution >= 4 is 33.6 Å². The summed E-state index contributed by atoms with van der Waals surface area (Å²) in [5, 5.41) is 2.65. The number of halogens is 3. The second kappa shape index (κ2) is 10.1. The summed E-state index contributed by atoms with van der Waals surface area (Å²) in [6, 6.07) is 8.58. The first kappa shape index (κ1) is 23.1. The predicted octanol–water partition coefficient (Wildman–Crippen LogP) is 4.75. The van der Waals surface area contributed by atoms with Gasteiger partial charge in [-0.15, -0.1) is 0 Å². The lowest BCUT2D eigenvalue weighted by molar-refractivity contribution is -0.152. The molecule has 164 valence electrons. The fourth-order valence-electron chi connectivity index (χ4n) is 3.94. The number of nitrogens with one attached hydrogen (secondary N) is 1. The van der Waals surface area contributed by atoms with Crippen LogP contribution >= 0.6 is 15.9 Å². The number of carbonyl (C=O) groups is 3. The Balaban J connectivity index is 1.93. The molecule has 1 N–H and O–H groups in total. The highest BCUT2D eigenvalue weighted by Crippen LogP contribution is 2.35. The summed E-state index contributed by atoms with van der Waals surface area (Å²) in [5.41, 5.74) is 0.417. The molecule has 0 spiro atoms. The first-order chi connectivity index (χ1) is 14.8. The minimum absolute atomic E-state index is 0.109. The topological polar surface area (TPSA) is 72.5 Å². The van der Waals surface area contributed by atoms with E-state index in [0.29, 0.717) is 18.4 Å². The molecule has 0 aromatic heterocycles. The van der Waals surface area contributed by atoms with E-state index in [1.54, 1.807) is 24.3 Å². The fourth-order valence-corrected chi connectivity index (χ4v) is 4.21. The smallest absolute Gasteiger partial charge is 0.309 e. The number of rotatable bonds is 6. The SMILES string of the molecule is COC(=O)C1CCCCC1C(=O)C(NC(=O)c1ccc(F)c(F)c1)c1ccc(Br)cc1. The molecule has 1 fully saturated rings. The fraction of sp³-hybridized carbons (Fsp3) is 0.348. The van der Waals surface area contributed by atoms with Crippen LogP contribution in [-0.4, -0.2) is 24.8 Å². The standard InChI is InChI=1S/C23H22BrF2NO4/c1-31-23(30)17-5-3-2-4-16(17)21(28)20(13-6-9-15(24)10-7-13)27-22(29)14-8-11-18(25)19(26)12-14/h6-12,16-17,20H,2-5H2,1H3,(H,27,29). The summed E-state index contributed by atoms with van der Waals surface area (Å²) < 4.78 is 32.5. The molecule has 0 saturated heterocycles. The van der Waals surface area contributed by atoms with Gasteiger partial charge in [0.05, 0.1) is 13.0 Å². The Morgan fingerprint density at radius 1 is 1.00 bits per heavy atom. The van der Waals surface area contributed by atoms with E-state index in [-0.39, 0.29) is 11.3 Å². The first-order valence-electron chi connectivity index (χ1n) is 9.94. The second-order valence-electron chi connectivity index (χ2n) is 7.51. The Hall–Kier alpha value is -2.61. The van der Waals surface area contributed by atoms with Gasteiger partial charge in [-0.05, 0) is 48.7 Å². The number of benzene rings is 2. The minimum Gasteiger partial charge on any atom is -0.469 e. The van der Waals surface area contributed by atoms with Crippen LogP contribution in [0.5, 0.6) is 0 Å². The Bertz CT molecular complexity index is 980. The maximum absolute atomic E-state index is 13.6. The summed E-state index contributed by atoms with van der Waals surface area (Å²) >= 11 is 3.34. The molecule has 31 heavy (non-hydrogen) atoms. The maximum atomic E-state index is 13.6. The van der Waals surface area contributed by atoms with Gasteiger partial charge in [0.25, 0.3) is 5.91 Å². The van der Waals surface area contributed by atoms with Gasteiger partial charge in [0.2, 0.25) is 0 Å². The van der Waals surface area contributed by atoms with Crippen molar-refractivity contribution in [2.24, 2.45) is 11.8 Å². The zero-order valence-corrected chi connectivity index (χ0v) is 18.5. The van der Waals surface area contributed by atoms with Gasteiger partial charge in [0.1, 0.15) is 6.04 Å². The zero-order valence-electron chi connectivity index (χ0n) is 16.9. The normalized spacial score (nSPS) is 19.4. The van der Waals surface area contributed by atoms with Crippen LogP contribution in [0.4, 0.5) is 8.78 Å². The van der Waals surface area contributed by atoms with Crippen LogP contribution in [0.1, 0.15) is 47.6 Å². The first-order valence-corrected chi connectivity index (χ1v) is 10.7. The van der Waals surface area contributed by atoms with Crippen LogP contribution < -0.4 is 5.32 Å². The molecular formula is C23H22BrF2NO4. The summed E-state index contributed by atoms with van der Waals surface area (Å²) in [7, 11) is 1.29. The van der Waals surface area contributed by atoms with Crippen molar-refractivity contribution in [1.29, 1.82) is 0 Å². The highest BCUT2D eigenvalue weighted by Gasteiger charge is 2.40. The molecule has 8 heteroatoms. The van der Waals surface area contributed by atoms with Gasteiger partial charge in [-0.1, -0.05) is 40.9 Å². The van der Waals surface area contributed by atoms with E-state index in [1.165, 1.54) is 7.11 Å². The summed E-state index contributed by atoms with van der Waals surface area (Å²) in [6.45, 7) is 0. The number of methoxy groups -OCH3 is 1. The van der Waals surface area contributed by atoms with Crippen molar-refractivity contribution in [3.63, 3.8) is 0 Å². The van der Waals surface area contributed by atoms with Crippen molar-refractivity contribution in [3.8, 4) is 0 Å². The van der Waals surface area contributed by atoms with Gasteiger partial charge in [-0.25, -0.2) is 8.78 Å². The molecule has 3 rings (SSSR count). The van der Waals surface area contributed by atoms with Crippen LogP contribution in [0.2, 0.25) is 0 Å². The number of esters is 1. The van der Waals surface area contributed by atoms with Crippen LogP contribution in [0.3, 0.4) is 0 Å². The molecule has 0 bridgehead atoms. The van der Waals surface area contributed by atoms with Crippen LogP contribution in [-0.2, 0) is 14.3 Å². The number of Topliss-reactive ketones (excluding diaryl/α,β-unsaturated/α-hetero) is 1. The van der Waals surface area contributed by atoms with Gasteiger partial charge < -0.3 is 10.1 Å². The molecular weight excluding hydrogens is 472 g/mol. The average Bonchev–Trinajstić information content (AvgIpc) is 2.78. The van der Waals surface area contributed by atoms with Gasteiger partial charge in [-0.3, -0.25) is 14.4 Å². The summed E-state index contributed by atoms with van der Waals surface area (Å²) in [6.07, 6.45) is 2.64. The Kier molecular flexibility index (Phi) is 7.54. The van der Waals surface area contributed by atoms with Crippen molar-refractivity contribution in [2.45, 2.75) is 31.7 Å². The van der Waals surface area contributed by atoms with E-state index in [0.717, 1.165) is 35.5 Å². The molecule has 3 unspecified atom stereocenters.